The van der Waals surface area contributed by atoms with Gasteiger partial charge in [0.15, 0.2) is 0 Å². The van der Waals surface area contributed by atoms with Crippen molar-refractivity contribution in [2.24, 2.45) is 0 Å². The Morgan fingerprint density at radius 2 is 0.842 bits per heavy atom. The highest BCUT2D eigenvalue weighted by Crippen LogP contribution is 2.48. The first-order valence-corrected chi connectivity index (χ1v) is 13.9. The fraction of sp³-hybridized carbons (Fsp3) is 1.00. The lowest BCUT2D eigenvalue weighted by Gasteiger charge is -2.57. The summed E-state index contributed by atoms with van der Waals surface area (Å²) >= 11 is 0. The van der Waals surface area contributed by atoms with Gasteiger partial charge in [0.2, 0.25) is 0 Å². The maximum atomic E-state index is 2.77. The summed E-state index contributed by atoms with van der Waals surface area (Å²) in [7, 11) is -2.88. The minimum atomic E-state index is -1.44. The summed E-state index contributed by atoms with van der Waals surface area (Å²) in [4.78, 5) is 0. The summed E-state index contributed by atoms with van der Waals surface area (Å²) in [6.07, 6.45) is 0. The molecule has 0 saturated carbocycles. The lowest BCUT2D eigenvalue weighted by Crippen LogP contribution is -2.68. The third-order valence-corrected chi connectivity index (χ3v) is 20.4. The molecule has 0 heterocycles. The number of nitrogens with zero attached hydrogens (tertiary/aromatic N) is 2. The molecule has 2 nitrogen and oxygen atoms in total. The average Bonchev–Trinajstić information content (AvgIpc) is 2.30. The fourth-order valence-corrected chi connectivity index (χ4v) is 15.2. The van der Waals surface area contributed by atoms with Crippen LogP contribution in [-0.4, -0.2) is 51.8 Å². The molecule has 4 heteroatoms. The van der Waals surface area contributed by atoms with Gasteiger partial charge < -0.3 is 9.13 Å². The fourth-order valence-electron chi connectivity index (χ4n) is 3.57. The predicted octanol–water partition coefficient (Wildman–Crippen LogP) is 4.40. The zero-order valence-electron chi connectivity index (χ0n) is 15.2. The third-order valence-electron chi connectivity index (χ3n) is 6.17. The monoisotopic (exact) mass is 302 g/mol. The van der Waals surface area contributed by atoms with Gasteiger partial charge in [-0.3, -0.25) is 0 Å². The standard InChI is InChI=1S/C15H38N2Si2/c1-11-16(12-2)18(7,8)15(5,6)19(9,10)17(13-3)14-4/h11-14H2,1-10H3. The summed E-state index contributed by atoms with van der Waals surface area (Å²) in [6, 6.07) is 0. The zero-order chi connectivity index (χ0) is 15.5. The highest BCUT2D eigenvalue weighted by molar-refractivity contribution is 6.97. The molecule has 0 aliphatic rings. The van der Waals surface area contributed by atoms with E-state index in [1.165, 1.54) is 26.2 Å². The van der Waals surface area contributed by atoms with Crippen LogP contribution in [0.1, 0.15) is 41.5 Å². The Kier molecular flexibility index (Phi) is 7.00. The van der Waals surface area contributed by atoms with Gasteiger partial charge in [0.1, 0.15) is 16.5 Å². The number of hydrogen-bond donors (Lipinski definition) is 0. The first-order valence-electron chi connectivity index (χ1n) is 8.04. The molecule has 0 aromatic carbocycles. The van der Waals surface area contributed by atoms with E-state index in [1.807, 2.05) is 0 Å². The Bertz CT molecular complexity index is 241. The van der Waals surface area contributed by atoms with Crippen LogP contribution in [0, 0.1) is 0 Å². The molecule has 19 heavy (non-hydrogen) atoms. The lowest BCUT2D eigenvalue weighted by molar-refractivity contribution is 0.420. The quantitative estimate of drug-likeness (QED) is 0.613. The summed E-state index contributed by atoms with van der Waals surface area (Å²) in [5.41, 5.74) is 0. The van der Waals surface area contributed by atoms with Crippen LogP contribution in [0.2, 0.25) is 30.8 Å². The minimum absolute atomic E-state index is 0.470. The van der Waals surface area contributed by atoms with Gasteiger partial charge in [0.05, 0.1) is 0 Å². The van der Waals surface area contributed by atoms with E-state index < -0.39 is 16.5 Å². The van der Waals surface area contributed by atoms with Crippen molar-refractivity contribution in [3.8, 4) is 0 Å². The summed E-state index contributed by atoms with van der Waals surface area (Å²) < 4.78 is 6.01. The minimum Gasteiger partial charge on any atom is -0.324 e. The predicted molar refractivity (Wildman–Crippen MR) is 94.8 cm³/mol. The first kappa shape index (κ1) is 19.4. The molecule has 0 amide bonds. The van der Waals surface area contributed by atoms with Gasteiger partial charge >= 0.3 is 0 Å². The van der Waals surface area contributed by atoms with Gasteiger partial charge in [-0.25, -0.2) is 0 Å². The smallest absolute Gasteiger partial charge is 0.126 e. The molecule has 0 radical (unpaired) electrons. The second kappa shape index (κ2) is 6.88. The van der Waals surface area contributed by atoms with Crippen molar-refractivity contribution in [3.05, 3.63) is 0 Å². The van der Waals surface area contributed by atoms with Crippen molar-refractivity contribution in [2.45, 2.75) is 72.4 Å². The third kappa shape index (κ3) is 3.34. The Hall–Kier alpha value is 0.354. The van der Waals surface area contributed by atoms with Gasteiger partial charge in [-0.15, -0.1) is 0 Å². The van der Waals surface area contributed by atoms with Gasteiger partial charge in [0, 0.05) is 0 Å². The Morgan fingerprint density at radius 3 is 1.00 bits per heavy atom. The van der Waals surface area contributed by atoms with Gasteiger partial charge in [0.25, 0.3) is 0 Å². The largest absolute Gasteiger partial charge is 0.324 e. The number of rotatable bonds is 8. The van der Waals surface area contributed by atoms with Crippen LogP contribution in [0.5, 0.6) is 0 Å². The molecule has 0 spiro atoms. The van der Waals surface area contributed by atoms with E-state index in [-0.39, 0.29) is 0 Å². The zero-order valence-corrected chi connectivity index (χ0v) is 17.2. The molecule has 0 N–H and O–H groups in total. The first-order chi connectivity index (χ1) is 8.54. The van der Waals surface area contributed by atoms with Crippen LogP contribution >= 0.6 is 0 Å². The average molecular weight is 303 g/mol. The molecule has 0 aromatic heterocycles. The highest BCUT2D eigenvalue weighted by atomic mass is 28.4. The van der Waals surface area contributed by atoms with Crippen molar-refractivity contribution in [1.29, 1.82) is 0 Å². The van der Waals surface area contributed by atoms with E-state index in [0.29, 0.717) is 4.66 Å². The van der Waals surface area contributed by atoms with E-state index in [9.17, 15) is 0 Å². The van der Waals surface area contributed by atoms with Crippen LogP contribution < -0.4 is 0 Å². The van der Waals surface area contributed by atoms with Gasteiger partial charge in [-0.2, -0.15) is 0 Å². The molecule has 0 aliphatic heterocycles. The second-order valence-electron chi connectivity index (χ2n) is 7.09. The van der Waals surface area contributed by atoms with E-state index in [4.69, 9.17) is 0 Å². The van der Waals surface area contributed by atoms with E-state index in [1.54, 1.807) is 0 Å². The normalized spacial score (nSPS) is 14.5. The van der Waals surface area contributed by atoms with Crippen molar-refractivity contribution < 1.29 is 0 Å². The van der Waals surface area contributed by atoms with Crippen LogP contribution in [0.15, 0.2) is 0 Å². The molecule has 0 atom stereocenters. The maximum Gasteiger partial charge on any atom is 0.126 e. The van der Waals surface area contributed by atoms with Gasteiger partial charge in [-0.05, 0) is 30.8 Å². The SMILES string of the molecule is CCN(CC)[Si](C)(C)C(C)(C)[Si](C)(C)N(CC)CC. The van der Waals surface area contributed by atoms with Gasteiger partial charge in [-0.1, -0.05) is 67.7 Å². The second-order valence-corrected chi connectivity index (χ2v) is 17.6. The van der Waals surface area contributed by atoms with Crippen molar-refractivity contribution in [2.75, 3.05) is 26.2 Å². The molecule has 116 valence electrons. The Morgan fingerprint density at radius 1 is 0.632 bits per heavy atom. The van der Waals surface area contributed by atoms with Crippen molar-refractivity contribution in [1.82, 2.24) is 9.13 Å². The lowest BCUT2D eigenvalue weighted by atomic mass is 10.5. The van der Waals surface area contributed by atoms with E-state index in [2.05, 4.69) is 76.9 Å². The molecule has 0 aliphatic carbocycles. The highest BCUT2D eigenvalue weighted by Gasteiger charge is 2.54. The summed E-state index contributed by atoms with van der Waals surface area (Å²) in [6.45, 7) is 29.5. The Labute approximate surface area is 124 Å². The Balaban J connectivity index is 5.55. The topological polar surface area (TPSA) is 6.48 Å². The molecular formula is C15H38N2Si2. The number of hydrogen-bond acceptors (Lipinski definition) is 2. The summed E-state index contributed by atoms with van der Waals surface area (Å²) in [5, 5.41) is 0. The molecule has 0 bridgehead atoms. The molecule has 0 rings (SSSR count). The van der Waals surface area contributed by atoms with E-state index >= 15 is 0 Å². The van der Waals surface area contributed by atoms with Crippen molar-refractivity contribution >= 4 is 16.5 Å². The molecule has 0 unspecified atom stereocenters. The molecule has 0 fully saturated rings. The van der Waals surface area contributed by atoms with Crippen LogP contribution in [0.25, 0.3) is 0 Å². The van der Waals surface area contributed by atoms with Crippen LogP contribution in [-0.2, 0) is 0 Å². The van der Waals surface area contributed by atoms with E-state index in [0.717, 1.165) is 0 Å². The van der Waals surface area contributed by atoms with Crippen LogP contribution in [0.4, 0.5) is 0 Å². The molecule has 0 aromatic rings. The van der Waals surface area contributed by atoms with Crippen LogP contribution in [0.3, 0.4) is 0 Å². The molecule has 0 saturated heterocycles. The molecular weight excluding hydrogens is 264 g/mol. The maximum absolute atomic E-state index is 2.77. The summed E-state index contributed by atoms with van der Waals surface area (Å²) in [5.74, 6) is 0. The van der Waals surface area contributed by atoms with Crippen molar-refractivity contribution in [3.63, 3.8) is 0 Å².